The Bertz CT molecular complexity index is 1000. The number of rotatable bonds is 6. The van der Waals surface area contributed by atoms with Crippen LogP contribution in [0.4, 0.5) is 20.3 Å². The van der Waals surface area contributed by atoms with E-state index in [1.165, 1.54) is 30.3 Å². The maximum atomic E-state index is 14.0. The molecule has 0 aliphatic heterocycles. The van der Waals surface area contributed by atoms with E-state index >= 15 is 0 Å². The highest BCUT2D eigenvalue weighted by atomic mass is 32.2. The van der Waals surface area contributed by atoms with Crippen LogP contribution in [0.15, 0.2) is 53.6 Å². The summed E-state index contributed by atoms with van der Waals surface area (Å²) in [7, 11) is 0. The third-order valence-electron chi connectivity index (χ3n) is 3.64. The Balaban J connectivity index is 1.75. The molecule has 0 unspecified atom stereocenters. The zero-order valence-corrected chi connectivity index (χ0v) is 15.2. The molecule has 3 rings (SSSR count). The van der Waals surface area contributed by atoms with E-state index in [-0.39, 0.29) is 29.8 Å². The normalized spacial score (nSPS) is 10.5. The summed E-state index contributed by atoms with van der Waals surface area (Å²) in [4.78, 5) is 20.4. The summed E-state index contributed by atoms with van der Waals surface area (Å²) in [6.07, 6.45) is 0.876. The number of amides is 1. The zero-order valence-electron chi connectivity index (χ0n) is 14.4. The Morgan fingerprint density at radius 3 is 2.64 bits per heavy atom. The fourth-order valence-electron chi connectivity index (χ4n) is 2.28. The van der Waals surface area contributed by atoms with Gasteiger partial charge < -0.3 is 15.8 Å². The van der Waals surface area contributed by atoms with E-state index in [0.717, 1.165) is 18.1 Å². The lowest BCUT2D eigenvalue weighted by Gasteiger charge is -2.11. The van der Waals surface area contributed by atoms with Gasteiger partial charge in [-0.1, -0.05) is 18.2 Å². The second-order valence-corrected chi connectivity index (χ2v) is 6.20. The van der Waals surface area contributed by atoms with Crippen LogP contribution in [0, 0.1) is 11.6 Å². The van der Waals surface area contributed by atoms with Crippen molar-refractivity contribution in [2.24, 2.45) is 5.14 Å². The average Bonchev–Trinajstić information content (AvgIpc) is 2.69. The van der Waals surface area contributed by atoms with Gasteiger partial charge in [-0.15, -0.1) is 0 Å². The van der Waals surface area contributed by atoms with Crippen molar-refractivity contribution in [3.63, 3.8) is 0 Å². The van der Waals surface area contributed by atoms with Gasteiger partial charge in [-0.3, -0.25) is 9.93 Å². The van der Waals surface area contributed by atoms with E-state index in [9.17, 15) is 13.6 Å². The van der Waals surface area contributed by atoms with E-state index < -0.39 is 11.7 Å². The number of hydrogen-bond donors (Lipinski definition) is 3. The average molecular weight is 403 g/mol. The van der Waals surface area contributed by atoms with E-state index in [1.807, 2.05) is 0 Å². The summed E-state index contributed by atoms with van der Waals surface area (Å²) in [5.41, 5.74) is 6.97. The molecule has 2 aromatic carbocycles. The van der Waals surface area contributed by atoms with Crippen LogP contribution < -0.4 is 20.9 Å². The molecule has 0 aliphatic rings. The first-order valence-electron chi connectivity index (χ1n) is 7.94. The number of nitrogen functional groups attached to an aromatic ring is 1. The van der Waals surface area contributed by atoms with Crippen molar-refractivity contribution in [3.8, 4) is 6.01 Å². The number of carbonyl (C=O) groups is 1. The molecule has 3 aromatic rings. The molecule has 28 heavy (non-hydrogen) atoms. The summed E-state index contributed by atoms with van der Waals surface area (Å²) in [5, 5.41) is 7.91. The van der Waals surface area contributed by atoms with Gasteiger partial charge in [0.2, 0.25) is 0 Å². The van der Waals surface area contributed by atoms with Gasteiger partial charge in [-0.25, -0.2) is 13.8 Å². The van der Waals surface area contributed by atoms with Crippen molar-refractivity contribution < 1.29 is 18.3 Å². The molecule has 0 atom stereocenters. The molecule has 0 spiro atoms. The van der Waals surface area contributed by atoms with E-state index in [4.69, 9.17) is 15.6 Å². The number of anilines is 2. The number of nitrogens with two attached hydrogens (primary N) is 2. The second-order valence-electron chi connectivity index (χ2n) is 5.56. The van der Waals surface area contributed by atoms with Crippen LogP contribution >= 0.6 is 11.9 Å². The minimum atomic E-state index is -0.840. The van der Waals surface area contributed by atoms with Crippen LogP contribution in [-0.4, -0.2) is 15.9 Å². The van der Waals surface area contributed by atoms with Crippen LogP contribution in [-0.2, 0) is 6.61 Å². The molecule has 1 heterocycles. The number of benzene rings is 2. The molecule has 0 saturated heterocycles. The lowest BCUT2D eigenvalue weighted by Crippen LogP contribution is -2.17. The molecule has 10 heteroatoms. The highest BCUT2D eigenvalue weighted by molar-refractivity contribution is 7.97. The lowest BCUT2D eigenvalue weighted by molar-refractivity contribution is 0.102. The largest absolute Gasteiger partial charge is 0.459 e. The number of nitrogens with one attached hydrogen (secondary N) is 1. The van der Waals surface area contributed by atoms with E-state index in [2.05, 4.69) is 15.3 Å². The highest BCUT2D eigenvalue weighted by Crippen LogP contribution is 2.26. The van der Waals surface area contributed by atoms with Gasteiger partial charge >= 0.3 is 6.01 Å². The number of aromatic nitrogens is 2. The van der Waals surface area contributed by atoms with Gasteiger partial charge in [0.05, 0.1) is 16.7 Å². The Morgan fingerprint density at radius 2 is 1.93 bits per heavy atom. The smallest absolute Gasteiger partial charge is 0.318 e. The van der Waals surface area contributed by atoms with Crippen LogP contribution in [0.25, 0.3) is 0 Å². The standard InChI is InChI=1S/C18H15F2N5O2S/c19-11-6-4-10(5-7-11)9-27-18-23-8-13(20)16(25-18)24-17(26)12-2-1-3-14(21)15(12)28-22/h1-8H,9,21-22H2,(H,23,24,25,26). The molecule has 144 valence electrons. The number of halogens is 2. The van der Waals surface area contributed by atoms with Gasteiger partial charge in [0.25, 0.3) is 5.91 Å². The highest BCUT2D eigenvalue weighted by Gasteiger charge is 2.17. The molecular formula is C18H15F2N5O2S. The maximum absolute atomic E-state index is 14.0. The molecule has 1 amide bonds. The first kappa shape index (κ1) is 19.5. The Kier molecular flexibility index (Phi) is 6.02. The molecule has 0 bridgehead atoms. The van der Waals surface area contributed by atoms with Crippen molar-refractivity contribution in [1.82, 2.24) is 9.97 Å². The zero-order chi connectivity index (χ0) is 20.1. The predicted octanol–water partition coefficient (Wildman–Crippen LogP) is 3.13. The Labute approximate surface area is 163 Å². The lowest BCUT2D eigenvalue weighted by atomic mass is 10.2. The van der Waals surface area contributed by atoms with Crippen LogP contribution in [0.2, 0.25) is 0 Å². The van der Waals surface area contributed by atoms with Gasteiger partial charge in [0.1, 0.15) is 12.4 Å². The molecule has 0 radical (unpaired) electrons. The van der Waals surface area contributed by atoms with Crippen LogP contribution in [0.3, 0.4) is 0 Å². The van der Waals surface area contributed by atoms with Crippen LogP contribution in [0.1, 0.15) is 15.9 Å². The van der Waals surface area contributed by atoms with Crippen molar-refractivity contribution in [1.29, 1.82) is 0 Å². The molecule has 0 aliphatic carbocycles. The van der Waals surface area contributed by atoms with E-state index in [1.54, 1.807) is 12.1 Å². The maximum Gasteiger partial charge on any atom is 0.318 e. The van der Waals surface area contributed by atoms with Gasteiger partial charge in [0.15, 0.2) is 11.6 Å². The molecule has 7 nitrogen and oxygen atoms in total. The monoisotopic (exact) mass is 403 g/mol. The SMILES string of the molecule is NSc1c(N)cccc1C(=O)Nc1nc(OCc2ccc(F)cc2)ncc1F. The van der Waals surface area contributed by atoms with Gasteiger partial charge in [-0.05, 0) is 41.8 Å². The minimum absolute atomic E-state index is 0.0441. The van der Waals surface area contributed by atoms with Gasteiger partial charge in [0, 0.05) is 5.69 Å². The molecule has 5 N–H and O–H groups in total. The topological polar surface area (TPSA) is 116 Å². The third kappa shape index (κ3) is 4.53. The van der Waals surface area contributed by atoms with Crippen molar-refractivity contribution >= 4 is 29.4 Å². The summed E-state index contributed by atoms with van der Waals surface area (Å²) >= 11 is 0.811. The predicted molar refractivity (Wildman–Crippen MR) is 102 cm³/mol. The second kappa shape index (κ2) is 8.63. The molecule has 1 aromatic heterocycles. The minimum Gasteiger partial charge on any atom is -0.459 e. The van der Waals surface area contributed by atoms with Crippen molar-refractivity contribution in [3.05, 3.63) is 71.4 Å². The molecular weight excluding hydrogens is 388 g/mol. The van der Waals surface area contributed by atoms with Crippen LogP contribution in [0.5, 0.6) is 6.01 Å². The Hall–Kier alpha value is -3.24. The van der Waals surface area contributed by atoms with E-state index in [0.29, 0.717) is 16.1 Å². The first-order valence-corrected chi connectivity index (χ1v) is 8.82. The fourth-order valence-corrected chi connectivity index (χ4v) is 2.77. The summed E-state index contributed by atoms with van der Waals surface area (Å²) in [6, 6.07) is 10.2. The van der Waals surface area contributed by atoms with Crippen molar-refractivity contribution in [2.75, 3.05) is 11.1 Å². The molecule has 0 saturated carbocycles. The first-order chi connectivity index (χ1) is 13.5. The summed E-state index contributed by atoms with van der Waals surface area (Å²) in [6.45, 7) is 0.0441. The summed E-state index contributed by atoms with van der Waals surface area (Å²) in [5.74, 6) is -2.21. The molecule has 0 fully saturated rings. The van der Waals surface area contributed by atoms with Gasteiger partial charge in [-0.2, -0.15) is 4.98 Å². The quantitative estimate of drug-likeness (QED) is 0.428. The number of nitrogens with zero attached hydrogens (tertiary/aromatic N) is 2. The Morgan fingerprint density at radius 1 is 1.18 bits per heavy atom. The third-order valence-corrected chi connectivity index (χ3v) is 4.33. The summed E-state index contributed by atoms with van der Waals surface area (Å²) < 4.78 is 32.3. The number of hydrogen-bond acceptors (Lipinski definition) is 7. The number of carbonyl (C=O) groups excluding carboxylic acids is 1. The van der Waals surface area contributed by atoms with Crippen molar-refractivity contribution in [2.45, 2.75) is 11.5 Å². The fraction of sp³-hybridized carbons (Fsp3) is 0.0556. The number of ether oxygens (including phenoxy) is 1.